The molecule has 3 fully saturated rings. The van der Waals surface area contributed by atoms with E-state index in [1.807, 2.05) is 39.8 Å². The molecule has 9 aliphatic rings. The Morgan fingerprint density at radius 2 is 1.12 bits per heavy atom. The summed E-state index contributed by atoms with van der Waals surface area (Å²) in [5.74, 6) is -14.3. The first-order valence-corrected chi connectivity index (χ1v) is 31.8. The first kappa shape index (κ1) is 71.9. The van der Waals surface area contributed by atoms with E-state index in [1.165, 1.54) is 35.7 Å². The van der Waals surface area contributed by atoms with Crippen molar-refractivity contribution in [3.63, 3.8) is 0 Å². The summed E-state index contributed by atoms with van der Waals surface area (Å²) >= 11 is 0. The molecule has 6 unspecified atom stereocenters. The standard InChI is InChI=1S/C12H15F3N2.C12H13F.C11H12F6N2.C11H11F5N2.C11H15F3N2.C8H5F2N3/c1-6(2)17-10-8(4-3-7-5-9(7)10)11(16-17)12(13,14)15;1-8(2)11-6-4-9-3-5-10(13)7-12(9)11;1-5(2)19-8-6(7(18-19)9(12)13)10(14,15)3-4-11(8,16)17;1-4(2)18-9-7(8(17-18)11(14,15)16)5-3-6(5)10(9,12)13;1-7(2)16-9-6-4-3-5-8(9)10(15-16)11(12,13)14;9-8(10)4-1-3(4)6-5(2-11)12-13-7(6)8/h6-7,9H,3-5H2,1-2H3;3,5-8H,4H2,1-2H3;5,9H,3-4H2,1-2H3;4-6H,3H2,1-2H3;7H,3-6H2,1-2H3;3-4H,1H2,(H,12,13). The molecule has 526 valence electrons. The number of halogens is 20. The second-order valence-corrected chi connectivity index (χ2v) is 27.3. The molecule has 0 saturated heterocycles. The lowest BCUT2D eigenvalue weighted by Crippen LogP contribution is -2.33. The summed E-state index contributed by atoms with van der Waals surface area (Å²) in [6.07, 6.45) is -9.55. The Bertz CT molecular complexity index is 3910. The summed E-state index contributed by atoms with van der Waals surface area (Å²) in [6, 6.07) is 5.66. The number of H-pyrrole nitrogens is 1. The predicted molar refractivity (Wildman–Crippen MR) is 309 cm³/mol. The maximum Gasteiger partial charge on any atom is 0.435 e. The van der Waals surface area contributed by atoms with Gasteiger partial charge in [-0.1, -0.05) is 26.0 Å². The number of allylic oxidation sites excluding steroid dienone is 2. The number of alkyl halides is 19. The monoisotopic (exact) mass is 1390 g/mol. The number of rotatable bonds is 6. The Kier molecular flexibility index (Phi) is 18.8. The molecule has 0 bridgehead atoms. The highest BCUT2D eigenvalue weighted by molar-refractivity contribution is 5.74. The molecule has 11 nitrogen and oxygen atoms in total. The van der Waals surface area contributed by atoms with Crippen molar-refractivity contribution in [2.45, 2.75) is 237 Å². The van der Waals surface area contributed by atoms with Crippen LogP contribution in [-0.2, 0) is 67.9 Å². The molecule has 96 heavy (non-hydrogen) atoms. The fourth-order valence-corrected chi connectivity index (χ4v) is 14.3. The molecular weight excluding hydrogens is 1310 g/mol. The zero-order valence-corrected chi connectivity index (χ0v) is 53.8. The Hall–Kier alpha value is -6.90. The van der Waals surface area contributed by atoms with Crippen LogP contribution in [0.4, 0.5) is 87.8 Å². The van der Waals surface area contributed by atoms with Crippen LogP contribution in [-0.4, -0.2) is 49.3 Å². The summed E-state index contributed by atoms with van der Waals surface area (Å²) in [6.45, 7) is 17.7. The summed E-state index contributed by atoms with van der Waals surface area (Å²) in [5.41, 5.74) is -0.211. The zero-order valence-electron chi connectivity index (χ0n) is 53.8. The maximum absolute atomic E-state index is 14.0. The molecule has 3 saturated carbocycles. The molecular formula is C65H71F20N11. The number of benzene rings is 1. The SMILES string of the molecule is CC(C)C1=CCc2ccc(F)cc21.CC(C)n1nc(C(F)(F)F)c2c1C(F)(F)C1CC21.CC(C)n1nc(C(F)(F)F)c2c1C1CC1CC2.CC(C)n1nc(C(F)(F)F)c2c1CCCC2.CC(C)n1nc(C(F)F)c2c1C(F)(F)CCC2(F)F.N#Cc1n[nH]c2c1C1CC1C2(F)F. The van der Waals surface area contributed by atoms with Crippen molar-refractivity contribution >= 4 is 5.57 Å². The van der Waals surface area contributed by atoms with Gasteiger partial charge in [-0.2, -0.15) is 96.6 Å². The molecule has 0 spiro atoms. The van der Waals surface area contributed by atoms with Gasteiger partial charge in [-0.25, -0.2) is 22.0 Å². The van der Waals surface area contributed by atoms with E-state index >= 15 is 0 Å². The van der Waals surface area contributed by atoms with Crippen LogP contribution in [0.2, 0.25) is 0 Å². The Morgan fingerprint density at radius 1 is 0.594 bits per heavy atom. The summed E-state index contributed by atoms with van der Waals surface area (Å²) in [5, 5.41) is 28.7. The van der Waals surface area contributed by atoms with Gasteiger partial charge in [-0.05, 0) is 172 Å². The van der Waals surface area contributed by atoms with Gasteiger partial charge in [-0.15, -0.1) is 0 Å². The molecule has 1 aromatic carbocycles. The number of nitriles is 1. The second kappa shape index (κ2) is 25.1. The average molecular weight is 1390 g/mol. The molecule has 6 aromatic rings. The Morgan fingerprint density at radius 3 is 1.69 bits per heavy atom. The van der Waals surface area contributed by atoms with Crippen LogP contribution >= 0.6 is 0 Å². The third kappa shape index (κ3) is 13.2. The smallest absolute Gasteiger partial charge is 0.275 e. The fourth-order valence-electron chi connectivity index (χ4n) is 14.3. The molecule has 15 rings (SSSR count). The number of hydrogen-bond donors (Lipinski definition) is 1. The van der Waals surface area contributed by atoms with Crippen LogP contribution in [0.25, 0.3) is 5.57 Å². The molecule has 5 heterocycles. The minimum Gasteiger partial charge on any atom is -0.275 e. The van der Waals surface area contributed by atoms with E-state index in [4.69, 9.17) is 5.26 Å². The number of hydrogen-bond acceptors (Lipinski definition) is 6. The van der Waals surface area contributed by atoms with Gasteiger partial charge in [0.2, 0.25) is 0 Å². The third-order valence-electron chi connectivity index (χ3n) is 19.0. The van der Waals surface area contributed by atoms with Gasteiger partial charge in [0.05, 0.1) is 5.56 Å². The normalized spacial score (nSPS) is 23.3. The minimum absolute atomic E-state index is 0.000741. The van der Waals surface area contributed by atoms with Crippen LogP contribution in [0.3, 0.4) is 0 Å². The van der Waals surface area contributed by atoms with E-state index < -0.39 is 131 Å². The van der Waals surface area contributed by atoms with Crippen LogP contribution in [0.5, 0.6) is 0 Å². The topological polar surface area (TPSA) is 124 Å². The van der Waals surface area contributed by atoms with Crippen LogP contribution in [0, 0.1) is 40.8 Å². The van der Waals surface area contributed by atoms with E-state index in [-0.39, 0.29) is 47.2 Å². The van der Waals surface area contributed by atoms with Crippen molar-refractivity contribution in [2.75, 3.05) is 0 Å². The number of nitrogens with zero attached hydrogens (tertiary/aromatic N) is 10. The highest BCUT2D eigenvalue weighted by Crippen LogP contribution is 2.69. The van der Waals surface area contributed by atoms with Crippen LogP contribution < -0.4 is 0 Å². The highest BCUT2D eigenvalue weighted by Gasteiger charge is 2.69. The maximum atomic E-state index is 14.0. The van der Waals surface area contributed by atoms with Gasteiger partial charge >= 0.3 is 18.5 Å². The molecule has 5 aromatic heterocycles. The van der Waals surface area contributed by atoms with Crippen molar-refractivity contribution in [3.05, 3.63) is 126 Å². The van der Waals surface area contributed by atoms with Gasteiger partial charge in [0.25, 0.3) is 30.1 Å². The van der Waals surface area contributed by atoms with Gasteiger partial charge in [0, 0.05) is 88.4 Å². The minimum atomic E-state index is -4.67. The average Bonchev–Trinajstić information content (AvgIpc) is 1.52. The first-order chi connectivity index (χ1) is 44.4. The van der Waals surface area contributed by atoms with Crippen molar-refractivity contribution < 1.29 is 87.8 Å². The van der Waals surface area contributed by atoms with Crippen LogP contribution in [0.15, 0.2) is 24.3 Å². The van der Waals surface area contributed by atoms with Gasteiger partial charge < -0.3 is 0 Å². The molecule has 31 heteroatoms. The zero-order chi connectivity index (χ0) is 71.0. The lowest BCUT2D eigenvalue weighted by molar-refractivity contribution is -0.143. The van der Waals surface area contributed by atoms with E-state index in [0.717, 1.165) is 60.2 Å². The van der Waals surface area contributed by atoms with E-state index in [0.29, 0.717) is 58.4 Å². The molecule has 0 amide bonds. The second-order valence-electron chi connectivity index (χ2n) is 27.3. The number of nitrogens with one attached hydrogen (secondary N) is 1. The number of aromatic nitrogens is 10. The predicted octanol–water partition coefficient (Wildman–Crippen LogP) is 19.9. The van der Waals surface area contributed by atoms with Crippen LogP contribution in [0.1, 0.15) is 265 Å². The lowest BCUT2D eigenvalue weighted by Gasteiger charge is -2.30. The fraction of sp³-hybridized carbons (Fsp3) is 0.631. The summed E-state index contributed by atoms with van der Waals surface area (Å²) in [7, 11) is 0. The summed E-state index contributed by atoms with van der Waals surface area (Å²) < 4.78 is 268. The van der Waals surface area contributed by atoms with E-state index in [2.05, 4.69) is 50.5 Å². The lowest BCUT2D eigenvalue weighted by atomic mass is 9.89. The Labute approximate surface area is 539 Å². The quantitative estimate of drug-likeness (QED) is 0.166. The molecule has 6 atom stereocenters. The summed E-state index contributed by atoms with van der Waals surface area (Å²) in [4.78, 5) is 0. The number of aromatic amines is 1. The van der Waals surface area contributed by atoms with Crippen molar-refractivity contribution in [1.29, 1.82) is 5.26 Å². The Balaban J connectivity index is 0.000000126. The molecule has 0 aliphatic heterocycles. The number of fused-ring (bicyclic) bond motifs is 12. The van der Waals surface area contributed by atoms with Gasteiger partial charge in [-0.3, -0.25) is 23.8 Å². The largest absolute Gasteiger partial charge is 0.435 e. The van der Waals surface area contributed by atoms with Crippen molar-refractivity contribution in [3.8, 4) is 6.07 Å². The van der Waals surface area contributed by atoms with Gasteiger partial charge in [0.15, 0.2) is 22.8 Å². The third-order valence-corrected chi connectivity index (χ3v) is 19.0. The van der Waals surface area contributed by atoms with Gasteiger partial charge in [0.1, 0.15) is 34.7 Å². The molecule has 1 N–H and O–H groups in total. The molecule has 0 radical (unpaired) electrons. The van der Waals surface area contributed by atoms with E-state index in [9.17, 15) is 87.8 Å². The van der Waals surface area contributed by atoms with E-state index in [1.54, 1.807) is 24.6 Å². The molecule has 9 aliphatic carbocycles. The van der Waals surface area contributed by atoms with Crippen molar-refractivity contribution in [2.24, 2.45) is 23.7 Å². The van der Waals surface area contributed by atoms with Crippen molar-refractivity contribution in [1.82, 2.24) is 49.3 Å². The highest BCUT2D eigenvalue weighted by atomic mass is 19.4. The first-order valence-electron chi connectivity index (χ1n) is 31.8.